The highest BCUT2D eigenvalue weighted by molar-refractivity contribution is 7.93. The van der Waals surface area contributed by atoms with E-state index in [0.29, 0.717) is 23.3 Å². The van der Waals surface area contributed by atoms with Gasteiger partial charge in [0.1, 0.15) is 5.75 Å². The molecule has 6 nitrogen and oxygen atoms in total. The Morgan fingerprint density at radius 2 is 1.88 bits per heavy atom. The first-order valence-electron chi connectivity index (χ1n) is 10.1. The average Bonchev–Trinajstić information content (AvgIpc) is 2.75. The number of benzene rings is 2. The fraction of sp³-hybridized carbons (Fsp3) is 0.261. The SMILES string of the molecule is Cc1cccc(CC2COc3cc(-c4ccccc4NS(=O)(=O)C(F)(F)F)ccc3C2O)n1. The van der Waals surface area contributed by atoms with Crippen LogP contribution in [0.4, 0.5) is 18.9 Å². The first-order valence-corrected chi connectivity index (χ1v) is 11.6. The van der Waals surface area contributed by atoms with E-state index < -0.39 is 21.6 Å². The van der Waals surface area contributed by atoms with Crippen molar-refractivity contribution in [1.29, 1.82) is 0 Å². The average molecular weight is 478 g/mol. The number of aliphatic hydroxyl groups is 1. The molecule has 33 heavy (non-hydrogen) atoms. The van der Waals surface area contributed by atoms with E-state index in [1.165, 1.54) is 18.2 Å². The highest BCUT2D eigenvalue weighted by Gasteiger charge is 2.46. The van der Waals surface area contributed by atoms with Crippen LogP contribution in [0, 0.1) is 12.8 Å². The van der Waals surface area contributed by atoms with Crippen molar-refractivity contribution in [2.75, 3.05) is 11.3 Å². The molecule has 1 aliphatic rings. The molecular formula is C23H21F3N2O4S. The largest absolute Gasteiger partial charge is 0.516 e. The van der Waals surface area contributed by atoms with Gasteiger partial charge in [-0.3, -0.25) is 9.71 Å². The number of nitrogens with one attached hydrogen (secondary N) is 1. The number of fused-ring (bicyclic) bond motifs is 1. The van der Waals surface area contributed by atoms with Crippen molar-refractivity contribution >= 4 is 15.7 Å². The summed E-state index contributed by atoms with van der Waals surface area (Å²) in [7, 11) is -5.57. The molecule has 2 aromatic carbocycles. The van der Waals surface area contributed by atoms with Gasteiger partial charge in [-0.2, -0.15) is 21.6 Å². The smallest absolute Gasteiger partial charge is 0.493 e. The van der Waals surface area contributed by atoms with Crippen molar-refractivity contribution in [3.8, 4) is 16.9 Å². The Bertz CT molecular complexity index is 1280. The van der Waals surface area contributed by atoms with Gasteiger partial charge in [0.25, 0.3) is 0 Å². The van der Waals surface area contributed by atoms with Gasteiger partial charge in [-0.1, -0.05) is 36.4 Å². The number of nitrogens with zero attached hydrogens (tertiary/aromatic N) is 1. The minimum Gasteiger partial charge on any atom is -0.493 e. The quantitative estimate of drug-likeness (QED) is 0.560. The summed E-state index contributed by atoms with van der Waals surface area (Å²) in [6.45, 7) is 2.12. The maximum absolute atomic E-state index is 12.8. The second kappa shape index (κ2) is 8.68. The minimum absolute atomic E-state index is 0.213. The molecule has 2 atom stereocenters. The Morgan fingerprint density at radius 3 is 2.61 bits per heavy atom. The molecule has 4 rings (SSSR count). The normalized spacial score (nSPS) is 18.3. The topological polar surface area (TPSA) is 88.5 Å². The van der Waals surface area contributed by atoms with Gasteiger partial charge in [0, 0.05) is 28.4 Å². The van der Waals surface area contributed by atoms with E-state index in [4.69, 9.17) is 4.74 Å². The summed E-state index contributed by atoms with van der Waals surface area (Å²) in [5.41, 5.74) is -2.69. The van der Waals surface area contributed by atoms with Crippen LogP contribution in [0.25, 0.3) is 11.1 Å². The zero-order chi connectivity index (χ0) is 23.8. The fourth-order valence-corrected chi connectivity index (χ4v) is 4.38. The Labute approximate surface area is 189 Å². The van der Waals surface area contributed by atoms with E-state index in [1.807, 2.05) is 25.1 Å². The number of alkyl halides is 3. The number of para-hydroxylation sites is 1. The standard InChI is InChI=1S/C23H21F3N2O4S/c1-14-5-4-6-17(27-14)11-16-13-32-21-12-15(9-10-19(21)22(16)29)18-7-2-3-8-20(18)28-33(30,31)23(24,25)26/h2-10,12,16,22,28-29H,11,13H2,1H3. The molecule has 1 aliphatic heterocycles. The van der Waals surface area contributed by atoms with Crippen LogP contribution >= 0.6 is 0 Å². The summed E-state index contributed by atoms with van der Waals surface area (Å²) in [4.78, 5) is 4.46. The van der Waals surface area contributed by atoms with Crippen molar-refractivity contribution < 1.29 is 31.4 Å². The Morgan fingerprint density at radius 1 is 1.12 bits per heavy atom. The molecule has 2 heterocycles. The van der Waals surface area contributed by atoms with Crippen LogP contribution < -0.4 is 9.46 Å². The van der Waals surface area contributed by atoms with E-state index in [-0.39, 0.29) is 23.8 Å². The molecule has 1 aromatic heterocycles. The maximum Gasteiger partial charge on any atom is 0.516 e. The molecular weight excluding hydrogens is 457 g/mol. The highest BCUT2D eigenvalue weighted by Crippen LogP contribution is 2.40. The molecule has 0 aliphatic carbocycles. The summed E-state index contributed by atoms with van der Waals surface area (Å²) in [5, 5.41) is 10.9. The van der Waals surface area contributed by atoms with E-state index in [9.17, 15) is 26.7 Å². The number of ether oxygens (including phenoxy) is 1. The number of anilines is 1. The number of pyridine rings is 1. The van der Waals surface area contributed by atoms with E-state index >= 15 is 0 Å². The predicted molar refractivity (Wildman–Crippen MR) is 117 cm³/mol. The molecule has 0 fully saturated rings. The summed E-state index contributed by atoms with van der Waals surface area (Å²) in [6, 6.07) is 16.3. The van der Waals surface area contributed by atoms with Crippen molar-refractivity contribution in [3.63, 3.8) is 0 Å². The molecule has 3 aromatic rings. The van der Waals surface area contributed by atoms with Crippen molar-refractivity contribution in [1.82, 2.24) is 4.98 Å². The molecule has 0 bridgehead atoms. The number of rotatable bonds is 5. The first kappa shape index (κ1) is 23.1. The van der Waals surface area contributed by atoms with E-state index in [2.05, 4.69) is 4.98 Å². The molecule has 0 spiro atoms. The molecule has 2 N–H and O–H groups in total. The van der Waals surface area contributed by atoms with E-state index in [1.54, 1.807) is 29.0 Å². The Balaban J connectivity index is 1.61. The Kier molecular flexibility index (Phi) is 6.06. The summed E-state index contributed by atoms with van der Waals surface area (Å²) in [6.07, 6.45) is -0.296. The van der Waals surface area contributed by atoms with Crippen molar-refractivity contribution in [3.05, 3.63) is 77.6 Å². The zero-order valence-electron chi connectivity index (χ0n) is 17.5. The van der Waals surface area contributed by atoms with Gasteiger partial charge in [0.15, 0.2) is 0 Å². The number of sulfonamides is 1. The van der Waals surface area contributed by atoms with Crippen LogP contribution in [-0.2, 0) is 16.4 Å². The molecule has 0 saturated heterocycles. The molecule has 0 amide bonds. The van der Waals surface area contributed by atoms with E-state index in [0.717, 1.165) is 11.4 Å². The number of aliphatic hydroxyl groups excluding tert-OH is 1. The van der Waals surface area contributed by atoms with Gasteiger partial charge in [-0.15, -0.1) is 0 Å². The van der Waals surface area contributed by atoms with Crippen LogP contribution in [0.3, 0.4) is 0 Å². The van der Waals surface area contributed by atoms with Gasteiger partial charge in [-0.05, 0) is 43.2 Å². The molecule has 0 saturated carbocycles. The third-order valence-corrected chi connectivity index (χ3v) is 6.53. The summed E-state index contributed by atoms with van der Waals surface area (Å²) in [5.74, 6) is 0.172. The maximum atomic E-state index is 12.8. The lowest BCUT2D eigenvalue weighted by Gasteiger charge is -2.30. The number of hydrogen-bond acceptors (Lipinski definition) is 5. The Hall–Kier alpha value is -3.11. The zero-order valence-corrected chi connectivity index (χ0v) is 18.3. The second-order valence-corrected chi connectivity index (χ2v) is 9.51. The van der Waals surface area contributed by atoms with Crippen LogP contribution in [-0.4, -0.2) is 30.6 Å². The first-order chi connectivity index (χ1) is 15.5. The number of halogens is 3. The van der Waals surface area contributed by atoms with Gasteiger partial charge in [0.05, 0.1) is 18.4 Å². The molecule has 2 unspecified atom stereocenters. The van der Waals surface area contributed by atoms with Crippen LogP contribution in [0.1, 0.15) is 23.1 Å². The van der Waals surface area contributed by atoms with Crippen LogP contribution in [0.15, 0.2) is 60.7 Å². The monoisotopic (exact) mass is 478 g/mol. The highest BCUT2D eigenvalue weighted by atomic mass is 32.2. The number of aromatic nitrogens is 1. The fourth-order valence-electron chi connectivity index (χ4n) is 3.79. The van der Waals surface area contributed by atoms with Gasteiger partial charge in [-0.25, -0.2) is 0 Å². The van der Waals surface area contributed by atoms with Crippen molar-refractivity contribution in [2.24, 2.45) is 5.92 Å². The lowest BCUT2D eigenvalue weighted by Crippen LogP contribution is -2.30. The van der Waals surface area contributed by atoms with Crippen LogP contribution in [0.5, 0.6) is 5.75 Å². The molecule has 174 valence electrons. The summed E-state index contributed by atoms with van der Waals surface area (Å²) >= 11 is 0. The number of aryl methyl sites for hydroxylation is 1. The van der Waals surface area contributed by atoms with Gasteiger partial charge >= 0.3 is 15.5 Å². The van der Waals surface area contributed by atoms with Crippen LogP contribution in [0.2, 0.25) is 0 Å². The van der Waals surface area contributed by atoms with Crippen molar-refractivity contribution in [2.45, 2.75) is 25.0 Å². The summed E-state index contributed by atoms with van der Waals surface area (Å²) < 4.78 is 69.1. The lowest BCUT2D eigenvalue weighted by atomic mass is 9.88. The van der Waals surface area contributed by atoms with Gasteiger partial charge in [0.2, 0.25) is 0 Å². The molecule has 10 heteroatoms. The third kappa shape index (κ3) is 4.81. The van der Waals surface area contributed by atoms with Gasteiger partial charge < -0.3 is 9.84 Å². The third-order valence-electron chi connectivity index (χ3n) is 5.44. The molecule has 0 radical (unpaired) electrons. The second-order valence-electron chi connectivity index (χ2n) is 7.84. The minimum atomic E-state index is -5.57. The number of hydrogen-bond donors (Lipinski definition) is 2. The predicted octanol–water partition coefficient (Wildman–Crippen LogP) is 4.60. The lowest BCUT2D eigenvalue weighted by molar-refractivity contribution is -0.0429.